The van der Waals surface area contributed by atoms with Crippen molar-refractivity contribution in [3.8, 4) is 11.5 Å². The summed E-state index contributed by atoms with van der Waals surface area (Å²) in [6, 6.07) is 10.7. The van der Waals surface area contributed by atoms with E-state index in [1.165, 1.54) is 34.7 Å². The topological polar surface area (TPSA) is 85.4 Å². The minimum absolute atomic E-state index is 0.185. The maximum atomic E-state index is 11.9. The first-order valence-corrected chi connectivity index (χ1v) is 8.07. The predicted molar refractivity (Wildman–Crippen MR) is 98.6 cm³/mol. The first-order chi connectivity index (χ1) is 12.0. The fraction of sp³-hybridized carbons (Fsp3) is 0.150. The van der Waals surface area contributed by atoms with Crippen LogP contribution in [0, 0.1) is 6.92 Å². The third-order valence-corrected chi connectivity index (χ3v) is 4.04. The lowest BCUT2D eigenvalue weighted by molar-refractivity contribution is -0.116. The first kappa shape index (κ1) is 16.6. The van der Waals surface area contributed by atoms with Crippen molar-refractivity contribution in [3.63, 3.8) is 0 Å². The van der Waals surface area contributed by atoms with E-state index in [1.807, 2.05) is 6.20 Å². The molecule has 0 unspecified atom stereocenters. The lowest BCUT2D eigenvalue weighted by atomic mass is 10.1. The second kappa shape index (κ2) is 7.13. The van der Waals surface area contributed by atoms with Gasteiger partial charge in [-0.25, -0.2) is 0 Å². The molecule has 3 aromatic rings. The Morgan fingerprint density at radius 1 is 1.16 bits per heavy atom. The predicted octanol–water partition coefficient (Wildman–Crippen LogP) is 3.26. The maximum absolute atomic E-state index is 11.9. The van der Waals surface area contributed by atoms with Gasteiger partial charge in [-0.1, -0.05) is 17.7 Å². The standard InChI is InChI=1S/C20H20N2O3/c1-13-2-5-17-16(10-13)15(12-22-17)8-9-21-20(25)7-4-14-3-6-18(23)19(24)11-14/h2-7,10-12,22-24H,8-9H2,1H3,(H,21,25)/b7-4+. The fourth-order valence-corrected chi connectivity index (χ4v) is 2.69. The second-order valence-electron chi connectivity index (χ2n) is 5.99. The number of amides is 1. The summed E-state index contributed by atoms with van der Waals surface area (Å²) in [5.74, 6) is -0.601. The molecule has 0 aliphatic rings. The summed E-state index contributed by atoms with van der Waals surface area (Å²) >= 11 is 0. The molecule has 0 aliphatic heterocycles. The number of fused-ring (bicyclic) bond motifs is 1. The number of H-pyrrole nitrogens is 1. The van der Waals surface area contributed by atoms with Gasteiger partial charge < -0.3 is 20.5 Å². The van der Waals surface area contributed by atoms with E-state index >= 15 is 0 Å². The number of aromatic amines is 1. The van der Waals surface area contributed by atoms with Gasteiger partial charge in [-0.15, -0.1) is 0 Å². The summed E-state index contributed by atoms with van der Waals surface area (Å²) in [5, 5.41) is 22.7. The number of phenols is 2. The maximum Gasteiger partial charge on any atom is 0.244 e. The Labute approximate surface area is 145 Å². The average molecular weight is 336 g/mol. The van der Waals surface area contributed by atoms with Crippen LogP contribution in [0.2, 0.25) is 0 Å². The summed E-state index contributed by atoms with van der Waals surface area (Å²) in [7, 11) is 0. The summed E-state index contributed by atoms with van der Waals surface area (Å²) in [6.07, 6.45) is 5.71. The molecular formula is C20H20N2O3. The van der Waals surface area contributed by atoms with Gasteiger partial charge in [0.15, 0.2) is 11.5 Å². The third-order valence-electron chi connectivity index (χ3n) is 4.04. The number of benzene rings is 2. The lowest BCUT2D eigenvalue weighted by Gasteiger charge is -2.03. The smallest absolute Gasteiger partial charge is 0.244 e. The van der Waals surface area contributed by atoms with E-state index in [9.17, 15) is 15.0 Å². The molecule has 0 spiro atoms. The largest absolute Gasteiger partial charge is 0.504 e. The van der Waals surface area contributed by atoms with Gasteiger partial charge in [-0.2, -0.15) is 0 Å². The van der Waals surface area contributed by atoms with Gasteiger partial charge in [-0.3, -0.25) is 4.79 Å². The van der Waals surface area contributed by atoms with E-state index < -0.39 is 0 Å². The molecule has 1 heterocycles. The molecule has 1 amide bonds. The van der Waals surface area contributed by atoms with Crippen LogP contribution in [0.3, 0.4) is 0 Å². The summed E-state index contributed by atoms with van der Waals surface area (Å²) in [5.41, 5.74) is 4.11. The molecule has 3 rings (SSSR count). The average Bonchev–Trinajstić information content (AvgIpc) is 2.98. The monoisotopic (exact) mass is 336 g/mol. The van der Waals surface area contributed by atoms with Crippen molar-refractivity contribution in [3.05, 3.63) is 65.4 Å². The SMILES string of the molecule is Cc1ccc2[nH]cc(CCNC(=O)/C=C/c3ccc(O)c(O)c3)c2c1. The minimum atomic E-state index is -0.211. The molecule has 0 saturated heterocycles. The molecule has 1 aromatic heterocycles. The van der Waals surface area contributed by atoms with Crippen molar-refractivity contribution in [1.29, 1.82) is 0 Å². The second-order valence-corrected chi connectivity index (χ2v) is 5.99. The number of aryl methyl sites for hydroxylation is 1. The Morgan fingerprint density at radius 3 is 2.80 bits per heavy atom. The van der Waals surface area contributed by atoms with Crippen LogP contribution in [0.4, 0.5) is 0 Å². The quantitative estimate of drug-likeness (QED) is 0.426. The number of hydrogen-bond acceptors (Lipinski definition) is 3. The Morgan fingerprint density at radius 2 is 2.00 bits per heavy atom. The van der Waals surface area contributed by atoms with Crippen molar-refractivity contribution >= 4 is 22.9 Å². The number of aromatic hydroxyl groups is 2. The van der Waals surface area contributed by atoms with E-state index in [0.29, 0.717) is 12.1 Å². The molecule has 5 heteroatoms. The molecule has 0 radical (unpaired) electrons. The van der Waals surface area contributed by atoms with E-state index in [2.05, 4.69) is 35.4 Å². The van der Waals surface area contributed by atoms with E-state index in [0.717, 1.165) is 11.9 Å². The lowest BCUT2D eigenvalue weighted by Crippen LogP contribution is -2.23. The van der Waals surface area contributed by atoms with Gasteiger partial charge in [0.25, 0.3) is 0 Å². The van der Waals surface area contributed by atoms with Crippen LogP contribution in [0.1, 0.15) is 16.7 Å². The van der Waals surface area contributed by atoms with Crippen molar-refractivity contribution < 1.29 is 15.0 Å². The van der Waals surface area contributed by atoms with Crippen LogP contribution >= 0.6 is 0 Å². The molecule has 0 atom stereocenters. The molecule has 5 nitrogen and oxygen atoms in total. The van der Waals surface area contributed by atoms with E-state index in [-0.39, 0.29) is 17.4 Å². The Hall–Kier alpha value is -3.21. The zero-order valence-electron chi connectivity index (χ0n) is 13.9. The summed E-state index contributed by atoms with van der Waals surface area (Å²) < 4.78 is 0. The fourth-order valence-electron chi connectivity index (χ4n) is 2.69. The van der Waals surface area contributed by atoms with E-state index in [4.69, 9.17) is 0 Å². The first-order valence-electron chi connectivity index (χ1n) is 8.07. The van der Waals surface area contributed by atoms with Crippen LogP contribution in [0.15, 0.2) is 48.7 Å². The number of aromatic nitrogens is 1. The molecule has 4 N–H and O–H groups in total. The van der Waals surface area contributed by atoms with Gasteiger partial charge in [-0.05, 0) is 54.8 Å². The van der Waals surface area contributed by atoms with Gasteiger partial charge in [0.1, 0.15) is 0 Å². The number of nitrogens with one attached hydrogen (secondary N) is 2. The zero-order chi connectivity index (χ0) is 17.8. The number of phenolic OH excluding ortho intramolecular Hbond substituents is 2. The van der Waals surface area contributed by atoms with Crippen molar-refractivity contribution in [2.24, 2.45) is 0 Å². The summed E-state index contributed by atoms with van der Waals surface area (Å²) in [4.78, 5) is 15.1. The Balaban J connectivity index is 1.56. The molecule has 0 bridgehead atoms. The Bertz CT molecular complexity index is 941. The molecule has 128 valence electrons. The zero-order valence-corrected chi connectivity index (χ0v) is 13.9. The van der Waals surface area contributed by atoms with Crippen molar-refractivity contribution in [2.45, 2.75) is 13.3 Å². The molecular weight excluding hydrogens is 316 g/mol. The van der Waals surface area contributed by atoms with Gasteiger partial charge >= 0.3 is 0 Å². The molecule has 0 fully saturated rings. The summed E-state index contributed by atoms with van der Waals surface area (Å²) in [6.45, 7) is 2.59. The minimum Gasteiger partial charge on any atom is -0.504 e. The van der Waals surface area contributed by atoms with Gasteiger partial charge in [0.2, 0.25) is 5.91 Å². The van der Waals surface area contributed by atoms with Crippen LogP contribution in [0.5, 0.6) is 11.5 Å². The van der Waals surface area contributed by atoms with Crippen LogP contribution in [-0.2, 0) is 11.2 Å². The van der Waals surface area contributed by atoms with Crippen LogP contribution in [0.25, 0.3) is 17.0 Å². The highest BCUT2D eigenvalue weighted by Gasteiger charge is 2.04. The van der Waals surface area contributed by atoms with Gasteiger partial charge in [0, 0.05) is 29.7 Å². The molecule has 0 aliphatic carbocycles. The van der Waals surface area contributed by atoms with Crippen LogP contribution < -0.4 is 5.32 Å². The number of carbonyl (C=O) groups is 1. The van der Waals surface area contributed by atoms with Crippen LogP contribution in [-0.4, -0.2) is 27.6 Å². The molecule has 0 saturated carbocycles. The number of carbonyl (C=O) groups excluding carboxylic acids is 1. The molecule has 25 heavy (non-hydrogen) atoms. The van der Waals surface area contributed by atoms with Gasteiger partial charge in [0.05, 0.1) is 0 Å². The van der Waals surface area contributed by atoms with E-state index in [1.54, 1.807) is 12.1 Å². The third kappa shape index (κ3) is 4.01. The molecule has 2 aromatic carbocycles. The normalized spacial score (nSPS) is 11.2. The highest BCUT2D eigenvalue weighted by Crippen LogP contribution is 2.25. The van der Waals surface area contributed by atoms with Crippen molar-refractivity contribution in [1.82, 2.24) is 10.3 Å². The van der Waals surface area contributed by atoms with Crippen molar-refractivity contribution in [2.75, 3.05) is 6.54 Å². The highest BCUT2D eigenvalue weighted by molar-refractivity contribution is 5.91. The Kier molecular flexibility index (Phi) is 4.75. The number of hydrogen-bond donors (Lipinski definition) is 4. The highest BCUT2D eigenvalue weighted by atomic mass is 16.3. The number of rotatable bonds is 5.